The number of carbonyl (C=O) groups is 1. The van der Waals surface area contributed by atoms with Crippen LogP contribution < -0.4 is 15.8 Å². The van der Waals surface area contributed by atoms with E-state index < -0.39 is 41.0 Å². The third kappa shape index (κ3) is 7.71. The zero-order chi connectivity index (χ0) is 34.1. The van der Waals surface area contributed by atoms with Crippen molar-refractivity contribution in [2.24, 2.45) is 0 Å². The molecule has 1 unspecified atom stereocenters. The van der Waals surface area contributed by atoms with E-state index in [1.165, 1.54) is 4.52 Å². The van der Waals surface area contributed by atoms with Crippen LogP contribution in [0.3, 0.4) is 0 Å². The molecule has 3 heterocycles. The summed E-state index contributed by atoms with van der Waals surface area (Å²) in [5, 5.41) is 18.3. The number of carbonyl (C=O) groups excluding carboxylic acids is 1. The van der Waals surface area contributed by atoms with Gasteiger partial charge in [0.15, 0.2) is 5.82 Å². The first-order chi connectivity index (χ1) is 22.2. The smallest absolute Gasteiger partial charge is 0.416 e. The van der Waals surface area contributed by atoms with Crippen LogP contribution in [-0.4, -0.2) is 73.3 Å². The monoisotopic (exact) mass is 663 g/mol. The number of benzene rings is 1. The number of alkyl halides is 3. The van der Waals surface area contributed by atoms with Gasteiger partial charge < -0.3 is 29.5 Å². The van der Waals surface area contributed by atoms with Gasteiger partial charge >= 0.3 is 12.3 Å². The molecular weight excluding hydrogens is 622 g/mol. The maximum Gasteiger partial charge on any atom is 0.416 e. The Morgan fingerprint density at radius 2 is 1.83 bits per heavy atom. The van der Waals surface area contributed by atoms with Gasteiger partial charge in [0.2, 0.25) is 5.78 Å². The predicted molar refractivity (Wildman–Crippen MR) is 169 cm³/mol. The molecule has 2 N–H and O–H groups in total. The summed E-state index contributed by atoms with van der Waals surface area (Å²) in [4.78, 5) is 35.0. The third-order valence-electron chi connectivity index (χ3n) is 8.21. The number of rotatable bonds is 7. The van der Waals surface area contributed by atoms with Crippen molar-refractivity contribution < 1.29 is 32.2 Å². The van der Waals surface area contributed by atoms with Crippen LogP contribution in [0.1, 0.15) is 76.9 Å². The summed E-state index contributed by atoms with van der Waals surface area (Å²) in [6.45, 7) is 8.27. The molecule has 0 bridgehead atoms. The van der Waals surface area contributed by atoms with Crippen molar-refractivity contribution in [1.29, 1.82) is 0 Å². The van der Waals surface area contributed by atoms with Crippen LogP contribution in [-0.2, 0) is 23.9 Å². The molecule has 1 aromatic carbocycles. The lowest BCUT2D eigenvalue weighted by Crippen LogP contribution is -2.51. The summed E-state index contributed by atoms with van der Waals surface area (Å²) in [5.41, 5.74) is -0.719. The van der Waals surface area contributed by atoms with Crippen LogP contribution in [0.4, 0.5) is 33.7 Å². The van der Waals surface area contributed by atoms with Crippen LogP contribution in [0.5, 0.6) is 0 Å². The molecule has 1 saturated heterocycles. The zero-order valence-electron chi connectivity index (χ0n) is 27.0. The standard InChI is InChI=1S/C32H41F4N7O4/c1-5-24-26(40-14-16-41(17-15-40)30(46)47-31(2,3)4)28(45)43-29(38-27(39-43)20-10-8-6-7-9-11-20)42(24)19-25(44)37-23-13-12-21(18-22(23)33)32(34,35)36/h10,12-13,18,25,37,44H,5-9,11,14-17,19H2,1-4H3. The molecule has 1 fully saturated rings. The molecule has 3 aromatic rings. The number of aromatic nitrogens is 4. The minimum absolute atomic E-state index is 0.178. The third-order valence-corrected chi connectivity index (χ3v) is 8.21. The molecule has 5 rings (SSSR count). The van der Waals surface area contributed by atoms with E-state index >= 15 is 0 Å². The van der Waals surface area contributed by atoms with E-state index in [0.29, 0.717) is 55.9 Å². The van der Waals surface area contributed by atoms with Crippen molar-refractivity contribution >= 4 is 28.8 Å². The first-order valence-corrected chi connectivity index (χ1v) is 15.9. The average Bonchev–Trinajstić information content (AvgIpc) is 3.26. The number of nitrogens with one attached hydrogen (secondary N) is 1. The molecule has 1 amide bonds. The lowest BCUT2D eigenvalue weighted by Gasteiger charge is -2.37. The Morgan fingerprint density at radius 3 is 2.47 bits per heavy atom. The molecule has 11 nitrogen and oxygen atoms in total. The Labute approximate surface area is 269 Å². The van der Waals surface area contributed by atoms with Gasteiger partial charge in [0.05, 0.1) is 17.8 Å². The fourth-order valence-electron chi connectivity index (χ4n) is 5.95. The van der Waals surface area contributed by atoms with Gasteiger partial charge in [-0.15, -0.1) is 5.10 Å². The number of hydrogen-bond donors (Lipinski definition) is 2. The maximum atomic E-state index is 14.7. The Balaban J connectivity index is 1.51. The lowest BCUT2D eigenvalue weighted by atomic mass is 10.1. The van der Waals surface area contributed by atoms with E-state index in [0.717, 1.165) is 49.8 Å². The van der Waals surface area contributed by atoms with Crippen molar-refractivity contribution in [2.75, 3.05) is 36.4 Å². The fourth-order valence-corrected chi connectivity index (χ4v) is 5.95. The summed E-state index contributed by atoms with van der Waals surface area (Å²) in [6, 6.07) is 2.02. The number of halogens is 4. The highest BCUT2D eigenvalue weighted by atomic mass is 19.4. The van der Waals surface area contributed by atoms with Gasteiger partial charge in [-0.25, -0.2) is 9.18 Å². The molecule has 256 valence electrons. The first-order valence-electron chi connectivity index (χ1n) is 15.9. The Kier molecular flexibility index (Phi) is 9.85. The quantitative estimate of drug-likeness (QED) is 0.254. The number of fused-ring (bicyclic) bond motifs is 1. The molecular formula is C32H41F4N7O4. The topological polar surface area (TPSA) is 117 Å². The minimum Gasteiger partial charge on any atom is -0.444 e. The van der Waals surface area contributed by atoms with Crippen molar-refractivity contribution in [2.45, 2.75) is 90.8 Å². The molecule has 2 aliphatic rings. The number of anilines is 2. The first kappa shape index (κ1) is 34.2. The van der Waals surface area contributed by atoms with Gasteiger partial charge in [-0.3, -0.25) is 4.79 Å². The second kappa shape index (κ2) is 13.5. The molecule has 1 aliphatic carbocycles. The summed E-state index contributed by atoms with van der Waals surface area (Å²) in [7, 11) is 0. The number of amides is 1. The van der Waals surface area contributed by atoms with E-state index in [2.05, 4.69) is 16.5 Å². The maximum absolute atomic E-state index is 14.7. The minimum atomic E-state index is -4.72. The van der Waals surface area contributed by atoms with Gasteiger partial charge in [-0.05, 0) is 76.6 Å². The van der Waals surface area contributed by atoms with Crippen molar-refractivity contribution in [3.05, 3.63) is 57.5 Å². The second-order valence-corrected chi connectivity index (χ2v) is 12.8. The molecule has 0 spiro atoms. The second-order valence-electron chi connectivity index (χ2n) is 12.8. The van der Waals surface area contributed by atoms with Crippen molar-refractivity contribution in [3.63, 3.8) is 0 Å². The number of allylic oxidation sites excluding steroid dienone is 2. The molecule has 1 aliphatic heterocycles. The normalized spacial score (nSPS) is 17.0. The van der Waals surface area contributed by atoms with Crippen LogP contribution in [0.15, 0.2) is 29.1 Å². The summed E-state index contributed by atoms with van der Waals surface area (Å²) >= 11 is 0. The number of nitrogens with zero attached hydrogens (tertiary/aromatic N) is 6. The summed E-state index contributed by atoms with van der Waals surface area (Å²) in [6.07, 6.45) is 0.474. The number of piperazine rings is 1. The van der Waals surface area contributed by atoms with Gasteiger partial charge in [0.25, 0.3) is 5.56 Å². The number of hydrogen-bond acceptors (Lipinski definition) is 8. The van der Waals surface area contributed by atoms with Gasteiger partial charge in [-0.1, -0.05) is 19.4 Å². The summed E-state index contributed by atoms with van der Waals surface area (Å²) < 4.78 is 62.3. The average molecular weight is 664 g/mol. The van der Waals surface area contributed by atoms with E-state index in [1.807, 2.05) is 11.8 Å². The highest BCUT2D eigenvalue weighted by Crippen LogP contribution is 2.32. The van der Waals surface area contributed by atoms with Gasteiger partial charge in [0, 0.05) is 31.9 Å². The molecule has 0 radical (unpaired) electrons. The largest absolute Gasteiger partial charge is 0.444 e. The van der Waals surface area contributed by atoms with Crippen LogP contribution in [0.25, 0.3) is 11.4 Å². The molecule has 0 saturated carbocycles. The van der Waals surface area contributed by atoms with Crippen LogP contribution in [0, 0.1) is 5.82 Å². The molecule has 2 aromatic heterocycles. The van der Waals surface area contributed by atoms with Gasteiger partial charge in [0.1, 0.15) is 23.3 Å². The van der Waals surface area contributed by atoms with E-state index in [4.69, 9.17) is 9.72 Å². The lowest BCUT2D eigenvalue weighted by molar-refractivity contribution is -0.137. The van der Waals surface area contributed by atoms with E-state index in [9.17, 15) is 32.3 Å². The van der Waals surface area contributed by atoms with Crippen LogP contribution in [0.2, 0.25) is 0 Å². The SMILES string of the molecule is CCc1c(N2CCN(C(=O)OC(C)(C)C)CC2)c(=O)n2nc(C3=CCCCCC3)nc2n1CC(O)Nc1ccc(C(F)(F)F)cc1F. The highest BCUT2D eigenvalue weighted by molar-refractivity contribution is 5.69. The number of ether oxygens (including phenoxy) is 1. The zero-order valence-corrected chi connectivity index (χ0v) is 27.0. The van der Waals surface area contributed by atoms with Crippen LogP contribution >= 0.6 is 0 Å². The highest BCUT2D eigenvalue weighted by Gasteiger charge is 2.32. The number of aliphatic hydroxyl groups excluding tert-OH is 1. The Bertz CT molecular complexity index is 1700. The Morgan fingerprint density at radius 1 is 1.11 bits per heavy atom. The van der Waals surface area contributed by atoms with Gasteiger partial charge in [-0.2, -0.15) is 22.7 Å². The fraction of sp³-hybridized carbons (Fsp3) is 0.562. The van der Waals surface area contributed by atoms with E-state index in [1.54, 1.807) is 30.2 Å². The predicted octanol–water partition coefficient (Wildman–Crippen LogP) is 5.45. The molecule has 1 atom stereocenters. The van der Waals surface area contributed by atoms with E-state index in [-0.39, 0.29) is 18.0 Å². The number of aliphatic hydroxyl groups is 1. The molecule has 15 heteroatoms. The van der Waals surface area contributed by atoms with Crippen molar-refractivity contribution in [1.82, 2.24) is 24.1 Å². The Hall–Kier alpha value is -4.14. The summed E-state index contributed by atoms with van der Waals surface area (Å²) in [5.74, 6) is -0.590. The molecule has 47 heavy (non-hydrogen) atoms. The van der Waals surface area contributed by atoms with Crippen molar-refractivity contribution in [3.8, 4) is 0 Å².